The predicted molar refractivity (Wildman–Crippen MR) is 114 cm³/mol. The smallest absolute Gasteiger partial charge is 0.255 e. The average molecular weight is 458 g/mol. The van der Waals surface area contributed by atoms with Crippen molar-refractivity contribution in [2.24, 2.45) is 17.6 Å². The molecule has 4 rings (SSSR count). The Hall–Kier alpha value is -3.21. The minimum absolute atomic E-state index is 0.101. The third kappa shape index (κ3) is 2.74. The lowest BCUT2D eigenvalue weighted by molar-refractivity contribution is -0.162. The van der Waals surface area contributed by atoms with Crippen molar-refractivity contribution < 1.29 is 39.9 Å². The maximum atomic E-state index is 13.4. The summed E-state index contributed by atoms with van der Waals surface area (Å²) in [5.74, 6) is -8.81. The van der Waals surface area contributed by atoms with Crippen LogP contribution in [0.4, 0.5) is 0 Å². The molecule has 0 radical (unpaired) electrons. The average Bonchev–Trinajstić information content (AvgIpc) is 2.75. The summed E-state index contributed by atoms with van der Waals surface area (Å²) < 4.78 is 0. The summed E-state index contributed by atoms with van der Waals surface area (Å²) in [5, 5.41) is 55.5. The summed E-state index contributed by atoms with van der Waals surface area (Å²) in [7, 11) is 1.54. The molecule has 10 nitrogen and oxygen atoms in total. The highest BCUT2D eigenvalue weighted by Crippen LogP contribution is 2.55. The van der Waals surface area contributed by atoms with Crippen LogP contribution in [0.2, 0.25) is 0 Å². The Bertz CT molecular complexity index is 1160. The normalized spacial score (nSPS) is 33.7. The zero-order valence-corrected chi connectivity index (χ0v) is 18.3. The number of amides is 1. The maximum Gasteiger partial charge on any atom is 0.255 e. The number of fused-ring (bicyclic) bond motifs is 3. The van der Waals surface area contributed by atoms with Gasteiger partial charge in [-0.2, -0.15) is 0 Å². The molecule has 0 saturated carbocycles. The molecular weight excluding hydrogens is 432 g/mol. The van der Waals surface area contributed by atoms with Gasteiger partial charge in [0.05, 0.1) is 23.6 Å². The van der Waals surface area contributed by atoms with Gasteiger partial charge in [-0.1, -0.05) is 26.0 Å². The minimum Gasteiger partial charge on any atom is -0.510 e. The van der Waals surface area contributed by atoms with Crippen LogP contribution >= 0.6 is 0 Å². The summed E-state index contributed by atoms with van der Waals surface area (Å²) in [6.45, 7) is 3.68. The van der Waals surface area contributed by atoms with E-state index in [4.69, 9.17) is 5.73 Å². The standard InChI is InChI=1S/C23H26N2O8/c1-4-25(3)16-15-18(28)11-8(2)9-6-5-7-10(26)12(9)17(27)13(11)20(30)23(15,33)21(31)14(19(16)29)22(24)32/h5-8,11,15-16,18,26,28-30,33H,4H2,1-3H3,(H2,24,32)/t8?,11?,15?,16-,18?,23-/m0/s1. The molecule has 0 fully saturated rings. The molecule has 0 aliphatic heterocycles. The molecule has 0 bridgehead atoms. The summed E-state index contributed by atoms with van der Waals surface area (Å²) in [5.41, 5.74) is 1.43. The van der Waals surface area contributed by atoms with Crippen molar-refractivity contribution in [3.63, 3.8) is 0 Å². The van der Waals surface area contributed by atoms with Gasteiger partial charge in [0, 0.05) is 11.5 Å². The first-order valence-electron chi connectivity index (χ1n) is 10.6. The minimum atomic E-state index is -2.90. The fourth-order valence-corrected chi connectivity index (χ4v) is 5.70. The quantitative estimate of drug-likeness (QED) is 0.341. The van der Waals surface area contributed by atoms with E-state index in [0.29, 0.717) is 5.56 Å². The van der Waals surface area contributed by atoms with Gasteiger partial charge in [0.1, 0.15) is 22.8 Å². The summed E-state index contributed by atoms with van der Waals surface area (Å²) in [6, 6.07) is 3.20. The molecular formula is C23H26N2O8. The number of aliphatic hydroxyl groups is 4. The lowest BCUT2D eigenvalue weighted by Gasteiger charge is -2.53. The number of aromatic hydroxyl groups is 1. The van der Waals surface area contributed by atoms with Gasteiger partial charge in [-0.05, 0) is 31.1 Å². The monoisotopic (exact) mass is 458 g/mol. The molecule has 10 heteroatoms. The highest BCUT2D eigenvalue weighted by atomic mass is 16.4. The molecule has 0 spiro atoms. The largest absolute Gasteiger partial charge is 0.510 e. The van der Waals surface area contributed by atoms with Crippen LogP contribution in [0.1, 0.15) is 35.7 Å². The van der Waals surface area contributed by atoms with E-state index >= 15 is 0 Å². The number of phenolic OH excluding ortho intramolecular Hbond substituents is 1. The number of primary amides is 1. The van der Waals surface area contributed by atoms with Crippen molar-refractivity contribution in [1.29, 1.82) is 0 Å². The van der Waals surface area contributed by atoms with Crippen molar-refractivity contribution in [2.75, 3.05) is 13.6 Å². The Labute approximate surface area is 189 Å². The van der Waals surface area contributed by atoms with E-state index in [0.717, 1.165) is 0 Å². The molecule has 1 amide bonds. The number of ketones is 2. The van der Waals surface area contributed by atoms with E-state index in [1.807, 2.05) is 0 Å². The molecule has 0 heterocycles. The second-order valence-electron chi connectivity index (χ2n) is 8.90. The van der Waals surface area contributed by atoms with E-state index in [1.54, 1.807) is 33.0 Å². The van der Waals surface area contributed by atoms with Crippen LogP contribution in [-0.4, -0.2) is 79.2 Å². The van der Waals surface area contributed by atoms with Gasteiger partial charge in [0.2, 0.25) is 5.78 Å². The topological polar surface area (TPSA) is 182 Å². The summed E-state index contributed by atoms with van der Waals surface area (Å²) >= 11 is 0. The lowest BCUT2D eigenvalue weighted by Crippen LogP contribution is -2.68. The molecule has 4 unspecified atom stereocenters. The van der Waals surface area contributed by atoms with E-state index in [9.17, 15) is 39.9 Å². The van der Waals surface area contributed by atoms with Gasteiger partial charge in [0.25, 0.3) is 5.91 Å². The Morgan fingerprint density at radius 1 is 1.21 bits per heavy atom. The maximum absolute atomic E-state index is 13.4. The van der Waals surface area contributed by atoms with Crippen molar-refractivity contribution in [3.8, 4) is 5.75 Å². The Balaban J connectivity index is 2.06. The Kier molecular flexibility index (Phi) is 5.15. The Morgan fingerprint density at radius 3 is 2.42 bits per heavy atom. The van der Waals surface area contributed by atoms with E-state index < -0.39 is 75.6 Å². The molecule has 1 aromatic rings. The van der Waals surface area contributed by atoms with E-state index in [2.05, 4.69) is 0 Å². The number of carbonyl (C=O) groups is 3. The van der Waals surface area contributed by atoms with Crippen molar-refractivity contribution >= 4 is 17.5 Å². The number of hydrogen-bond acceptors (Lipinski definition) is 9. The number of aliphatic hydroxyl groups excluding tert-OH is 3. The van der Waals surface area contributed by atoms with Crippen molar-refractivity contribution in [3.05, 3.63) is 52.0 Å². The van der Waals surface area contributed by atoms with Crippen LogP contribution in [0.15, 0.2) is 40.9 Å². The third-order valence-electron chi connectivity index (χ3n) is 7.41. The van der Waals surface area contributed by atoms with Gasteiger partial charge < -0.3 is 31.3 Å². The van der Waals surface area contributed by atoms with Crippen molar-refractivity contribution in [1.82, 2.24) is 4.90 Å². The molecule has 176 valence electrons. The molecule has 3 aliphatic carbocycles. The second kappa shape index (κ2) is 7.41. The van der Waals surface area contributed by atoms with Crippen LogP contribution < -0.4 is 5.73 Å². The van der Waals surface area contributed by atoms with Crippen LogP contribution in [0, 0.1) is 11.8 Å². The van der Waals surface area contributed by atoms with Gasteiger partial charge in [-0.15, -0.1) is 0 Å². The molecule has 3 aliphatic rings. The Morgan fingerprint density at radius 2 is 1.85 bits per heavy atom. The first-order valence-corrected chi connectivity index (χ1v) is 10.6. The van der Waals surface area contributed by atoms with Crippen LogP contribution in [0.3, 0.4) is 0 Å². The molecule has 7 N–H and O–H groups in total. The fraction of sp³-hybridized carbons (Fsp3) is 0.435. The number of nitrogens with zero attached hydrogens (tertiary/aromatic N) is 1. The van der Waals surface area contributed by atoms with Gasteiger partial charge in [-0.3, -0.25) is 19.3 Å². The number of likely N-dealkylation sites (N-methyl/N-ethyl adjacent to an activating group) is 1. The number of nitrogens with two attached hydrogens (primary N) is 1. The highest BCUT2D eigenvalue weighted by Gasteiger charge is 2.67. The van der Waals surface area contributed by atoms with E-state index in [1.165, 1.54) is 11.0 Å². The lowest BCUT2D eigenvalue weighted by atomic mass is 9.55. The number of hydrogen-bond donors (Lipinski definition) is 6. The van der Waals surface area contributed by atoms with Crippen LogP contribution in [0.25, 0.3) is 0 Å². The first kappa shape index (κ1) is 23.0. The van der Waals surface area contributed by atoms with Crippen LogP contribution in [-0.2, 0) is 9.59 Å². The second-order valence-corrected chi connectivity index (χ2v) is 8.90. The SMILES string of the molecule is CCN(C)[C@@H]1C(O)=C(C(N)=O)C(=O)[C@@]2(O)C(O)=C3C(=O)c4c(O)cccc4C(C)C3C(O)C12. The molecule has 6 atom stereocenters. The molecule has 0 aromatic heterocycles. The molecule has 1 aromatic carbocycles. The highest BCUT2D eigenvalue weighted by molar-refractivity contribution is 6.25. The van der Waals surface area contributed by atoms with Crippen LogP contribution in [0.5, 0.6) is 5.75 Å². The van der Waals surface area contributed by atoms with Crippen molar-refractivity contribution in [2.45, 2.75) is 37.5 Å². The number of benzene rings is 1. The number of carbonyl (C=O) groups excluding carboxylic acids is 3. The summed E-state index contributed by atoms with van der Waals surface area (Å²) in [6.07, 6.45) is -1.59. The molecule has 33 heavy (non-hydrogen) atoms. The number of phenols is 1. The third-order valence-corrected chi connectivity index (χ3v) is 7.41. The van der Waals surface area contributed by atoms with Gasteiger partial charge in [-0.25, -0.2) is 0 Å². The molecule has 0 saturated heterocycles. The van der Waals surface area contributed by atoms with Gasteiger partial charge in [0.15, 0.2) is 11.4 Å². The van der Waals surface area contributed by atoms with E-state index in [-0.39, 0.29) is 17.9 Å². The summed E-state index contributed by atoms with van der Waals surface area (Å²) in [4.78, 5) is 40.2. The fourth-order valence-electron chi connectivity index (χ4n) is 5.70. The zero-order valence-electron chi connectivity index (χ0n) is 18.3. The zero-order chi connectivity index (χ0) is 24.6. The predicted octanol–water partition coefficient (Wildman–Crippen LogP) is 0.0425. The number of rotatable bonds is 3. The van der Waals surface area contributed by atoms with Gasteiger partial charge >= 0.3 is 0 Å². The number of Topliss-reactive ketones (excluding diaryl/α,β-unsaturated/α-hetero) is 2. The first-order chi connectivity index (χ1) is 15.4.